The Bertz CT molecular complexity index is 1130. The first-order valence-electron chi connectivity index (χ1n) is 9.30. The highest BCUT2D eigenvalue weighted by Crippen LogP contribution is 2.53. The molecule has 31 heavy (non-hydrogen) atoms. The van der Waals surface area contributed by atoms with Gasteiger partial charge in [0.1, 0.15) is 17.6 Å². The van der Waals surface area contributed by atoms with Gasteiger partial charge in [0.15, 0.2) is 5.54 Å². The van der Waals surface area contributed by atoms with Crippen LogP contribution in [0, 0.1) is 30.0 Å². The highest BCUT2D eigenvalue weighted by atomic mass is 19.3. The average Bonchev–Trinajstić information content (AvgIpc) is 3.52. The molecule has 1 aliphatic carbocycles. The minimum Gasteiger partial charge on any atom is -0.371 e. The SMILES string of the molecule is Cc1cc(C#N)cnc1C(=O)Nc1ccc(F)c([C@@]2(C(F)F)N=C(N)ON[C@@H]3C[C@@H]32)c1. The van der Waals surface area contributed by atoms with Gasteiger partial charge in [0.25, 0.3) is 12.3 Å². The third-order valence-electron chi connectivity index (χ3n) is 5.38. The van der Waals surface area contributed by atoms with Crippen LogP contribution in [-0.4, -0.2) is 29.4 Å². The molecule has 0 saturated heterocycles. The van der Waals surface area contributed by atoms with Gasteiger partial charge in [-0.3, -0.25) is 4.79 Å². The Kier molecular flexibility index (Phi) is 5.02. The second-order valence-corrected chi connectivity index (χ2v) is 7.39. The molecule has 0 bridgehead atoms. The molecular formula is C20H17F3N6O2. The number of hydrogen-bond acceptors (Lipinski definition) is 7. The quantitative estimate of drug-likeness (QED) is 0.684. The lowest BCUT2D eigenvalue weighted by Gasteiger charge is -2.29. The molecule has 1 aromatic heterocycles. The van der Waals surface area contributed by atoms with Crippen molar-refractivity contribution in [2.45, 2.75) is 31.4 Å². The molecular weight excluding hydrogens is 413 g/mol. The summed E-state index contributed by atoms with van der Waals surface area (Å²) in [5.74, 6) is -2.28. The molecule has 2 heterocycles. The Balaban J connectivity index is 1.71. The zero-order valence-electron chi connectivity index (χ0n) is 16.2. The van der Waals surface area contributed by atoms with Crippen molar-refractivity contribution in [2.75, 3.05) is 5.32 Å². The highest BCUT2D eigenvalue weighted by molar-refractivity contribution is 6.03. The summed E-state index contributed by atoms with van der Waals surface area (Å²) in [6.45, 7) is 1.61. The summed E-state index contributed by atoms with van der Waals surface area (Å²) in [6, 6.07) is 5.78. The number of nitriles is 1. The summed E-state index contributed by atoms with van der Waals surface area (Å²) < 4.78 is 43.4. The van der Waals surface area contributed by atoms with Crippen LogP contribution in [0.1, 0.15) is 33.6 Å². The molecule has 2 aromatic rings. The Labute approximate surface area is 174 Å². The van der Waals surface area contributed by atoms with Crippen molar-refractivity contribution in [1.29, 1.82) is 5.26 Å². The number of alkyl halides is 2. The number of amidine groups is 1. The van der Waals surface area contributed by atoms with Crippen LogP contribution in [0.25, 0.3) is 0 Å². The summed E-state index contributed by atoms with van der Waals surface area (Å²) >= 11 is 0. The van der Waals surface area contributed by atoms with Crippen LogP contribution in [-0.2, 0) is 10.4 Å². The Morgan fingerprint density at radius 1 is 1.45 bits per heavy atom. The average molecular weight is 430 g/mol. The van der Waals surface area contributed by atoms with Crippen molar-refractivity contribution in [3.63, 3.8) is 0 Å². The molecule has 0 spiro atoms. The Morgan fingerprint density at radius 2 is 2.23 bits per heavy atom. The lowest BCUT2D eigenvalue weighted by Crippen LogP contribution is -2.38. The molecule has 1 saturated carbocycles. The van der Waals surface area contributed by atoms with Gasteiger partial charge < -0.3 is 15.9 Å². The molecule has 1 aromatic carbocycles. The van der Waals surface area contributed by atoms with E-state index in [9.17, 15) is 18.0 Å². The summed E-state index contributed by atoms with van der Waals surface area (Å²) in [5.41, 5.74) is 6.31. The highest BCUT2D eigenvalue weighted by Gasteiger charge is 2.62. The molecule has 1 fully saturated rings. The number of carbonyl (C=O) groups is 1. The summed E-state index contributed by atoms with van der Waals surface area (Å²) in [6.07, 6.45) is -1.54. The molecule has 8 nitrogen and oxygen atoms in total. The molecule has 160 valence electrons. The number of amides is 1. The van der Waals surface area contributed by atoms with Crippen LogP contribution in [0.3, 0.4) is 0 Å². The molecule has 11 heteroatoms. The standard InChI is InChI=1S/C20H17F3N6O2/c1-9-4-10(7-24)8-26-16(9)17(30)27-11-2-3-14(21)12(5-11)20(18(22)23)13-6-15(13)29-31-19(25)28-20/h2-5,8,13,15,18,29H,6H2,1H3,(H2,25,28)(H,27,30)/t13-,15+,20+/m0/s1. The minimum absolute atomic E-state index is 0.0463. The number of aliphatic imine (C=N–C) groups is 1. The van der Waals surface area contributed by atoms with Crippen LogP contribution in [0.15, 0.2) is 35.5 Å². The van der Waals surface area contributed by atoms with E-state index in [1.54, 1.807) is 6.92 Å². The second-order valence-electron chi connectivity index (χ2n) is 7.39. The third-order valence-corrected chi connectivity index (χ3v) is 5.38. The zero-order valence-corrected chi connectivity index (χ0v) is 16.2. The lowest BCUT2D eigenvalue weighted by molar-refractivity contribution is 0.0367. The Morgan fingerprint density at radius 3 is 2.90 bits per heavy atom. The van der Waals surface area contributed by atoms with E-state index in [1.807, 2.05) is 6.07 Å². The topological polar surface area (TPSA) is 125 Å². The van der Waals surface area contributed by atoms with Gasteiger partial charge in [0.2, 0.25) is 0 Å². The van der Waals surface area contributed by atoms with Crippen molar-refractivity contribution in [2.24, 2.45) is 16.6 Å². The second kappa shape index (κ2) is 7.55. The number of anilines is 1. The summed E-state index contributed by atoms with van der Waals surface area (Å²) in [4.78, 5) is 25.4. The van der Waals surface area contributed by atoms with E-state index in [1.165, 1.54) is 18.3 Å². The monoisotopic (exact) mass is 430 g/mol. The first-order valence-corrected chi connectivity index (χ1v) is 9.30. The number of nitrogens with one attached hydrogen (secondary N) is 2. The zero-order chi connectivity index (χ0) is 22.3. The fraction of sp³-hybridized carbons (Fsp3) is 0.300. The van der Waals surface area contributed by atoms with Crippen molar-refractivity contribution >= 4 is 17.6 Å². The number of halogens is 3. The normalized spacial score (nSPS) is 24.3. The smallest absolute Gasteiger partial charge is 0.303 e. The van der Waals surface area contributed by atoms with Crippen molar-refractivity contribution in [3.8, 4) is 6.07 Å². The van der Waals surface area contributed by atoms with Crippen LogP contribution in [0.4, 0.5) is 18.9 Å². The number of rotatable bonds is 4. The molecule has 1 aliphatic heterocycles. The lowest BCUT2D eigenvalue weighted by atomic mass is 9.84. The van der Waals surface area contributed by atoms with Gasteiger partial charge in [-0.15, -0.1) is 5.48 Å². The van der Waals surface area contributed by atoms with Gasteiger partial charge in [-0.1, -0.05) is 0 Å². The number of nitrogens with two attached hydrogens (primary N) is 1. The maximum atomic E-state index is 14.8. The first-order chi connectivity index (χ1) is 14.8. The molecule has 1 amide bonds. The minimum atomic E-state index is -3.08. The number of nitrogens with zero attached hydrogens (tertiary/aromatic N) is 3. The molecule has 4 rings (SSSR count). The number of hydrogen-bond donors (Lipinski definition) is 3. The predicted molar refractivity (Wildman–Crippen MR) is 103 cm³/mol. The molecule has 4 N–H and O–H groups in total. The Hall–Kier alpha value is -3.65. The van der Waals surface area contributed by atoms with E-state index >= 15 is 0 Å². The van der Waals surface area contributed by atoms with E-state index in [4.69, 9.17) is 15.8 Å². The fourth-order valence-electron chi connectivity index (χ4n) is 3.80. The largest absolute Gasteiger partial charge is 0.371 e. The van der Waals surface area contributed by atoms with E-state index in [0.717, 1.165) is 12.1 Å². The van der Waals surface area contributed by atoms with Crippen LogP contribution in [0.5, 0.6) is 0 Å². The van der Waals surface area contributed by atoms with E-state index in [2.05, 4.69) is 20.8 Å². The van der Waals surface area contributed by atoms with E-state index < -0.39 is 47.2 Å². The summed E-state index contributed by atoms with van der Waals surface area (Å²) in [7, 11) is 0. The molecule has 3 atom stereocenters. The van der Waals surface area contributed by atoms with Crippen LogP contribution >= 0.6 is 0 Å². The maximum Gasteiger partial charge on any atom is 0.303 e. The van der Waals surface area contributed by atoms with E-state index in [0.29, 0.717) is 12.0 Å². The van der Waals surface area contributed by atoms with Crippen molar-refractivity contribution < 1.29 is 22.8 Å². The fourth-order valence-corrected chi connectivity index (χ4v) is 3.80. The number of carbonyl (C=O) groups excluding carboxylic acids is 1. The summed E-state index contributed by atoms with van der Waals surface area (Å²) in [5, 5.41) is 11.5. The van der Waals surface area contributed by atoms with Crippen molar-refractivity contribution in [1.82, 2.24) is 10.5 Å². The number of benzene rings is 1. The predicted octanol–water partition coefficient (Wildman–Crippen LogP) is 2.35. The van der Waals surface area contributed by atoms with Gasteiger partial charge in [0, 0.05) is 29.4 Å². The van der Waals surface area contributed by atoms with E-state index in [-0.39, 0.29) is 16.9 Å². The number of fused-ring (bicyclic) bond motifs is 1. The van der Waals surface area contributed by atoms with Gasteiger partial charge in [-0.25, -0.2) is 23.1 Å². The molecule has 0 unspecified atom stereocenters. The third kappa shape index (κ3) is 3.55. The number of aromatic nitrogens is 1. The molecule has 2 aliphatic rings. The van der Waals surface area contributed by atoms with Crippen LogP contribution in [0.2, 0.25) is 0 Å². The number of aryl methyl sites for hydroxylation is 1. The molecule has 0 radical (unpaired) electrons. The van der Waals surface area contributed by atoms with Gasteiger partial charge in [-0.2, -0.15) is 5.26 Å². The van der Waals surface area contributed by atoms with Gasteiger partial charge in [-0.05, 0) is 43.2 Å². The number of hydroxylamine groups is 1. The number of pyridine rings is 1. The maximum absolute atomic E-state index is 14.8. The van der Waals surface area contributed by atoms with Crippen molar-refractivity contribution in [3.05, 3.63) is 58.7 Å². The van der Waals surface area contributed by atoms with Gasteiger partial charge in [0.05, 0.1) is 5.56 Å². The van der Waals surface area contributed by atoms with Gasteiger partial charge >= 0.3 is 6.02 Å². The first kappa shape index (κ1) is 20.6. The van der Waals surface area contributed by atoms with Crippen LogP contribution < -0.4 is 16.5 Å².